The van der Waals surface area contributed by atoms with Gasteiger partial charge in [0.2, 0.25) is 0 Å². The van der Waals surface area contributed by atoms with Crippen LogP contribution in [0.25, 0.3) is 0 Å². The molecule has 0 radical (unpaired) electrons. The van der Waals surface area contributed by atoms with E-state index in [1.165, 1.54) is 0 Å². The van der Waals surface area contributed by atoms with Gasteiger partial charge in [0.05, 0.1) is 3.57 Å². The van der Waals surface area contributed by atoms with Gasteiger partial charge in [0.25, 0.3) is 0 Å². The van der Waals surface area contributed by atoms with Crippen LogP contribution in [0.15, 0.2) is 12.3 Å². The summed E-state index contributed by atoms with van der Waals surface area (Å²) in [6, 6.07) is 2.00. The number of anilines is 1. The quantitative estimate of drug-likeness (QED) is 0.405. The number of aromatic nitrogens is 1. The number of aryl methyl sites for hydroxylation is 1. The first-order chi connectivity index (χ1) is 7.45. The van der Waals surface area contributed by atoms with Gasteiger partial charge in [-0.3, -0.25) is 4.55 Å². The molecule has 3 N–H and O–H groups in total. The van der Waals surface area contributed by atoms with Crippen LogP contribution in [0.1, 0.15) is 5.56 Å². The van der Waals surface area contributed by atoms with Gasteiger partial charge in [0.15, 0.2) is 0 Å². The molecule has 0 aliphatic rings. The van der Waals surface area contributed by atoms with Crippen LogP contribution >= 0.6 is 22.6 Å². The van der Waals surface area contributed by atoms with E-state index in [4.69, 9.17) is 18.7 Å². The van der Waals surface area contributed by atoms with Gasteiger partial charge in [-0.05, 0) is 41.1 Å². The Hall–Kier alpha value is -0.620. The SMILES string of the molecule is Cc1cnc(N)c(I)c1.O=S(=O)(O)C(F)(F)F. The smallest absolute Gasteiger partial charge is 0.383 e. The summed E-state index contributed by atoms with van der Waals surface area (Å²) in [6.07, 6.45) is 1.76. The van der Waals surface area contributed by atoms with E-state index in [0.717, 1.165) is 9.13 Å². The van der Waals surface area contributed by atoms with Crippen molar-refractivity contribution in [2.24, 2.45) is 0 Å². The second-order valence-corrected chi connectivity index (χ2v) is 5.38. The number of hydrogen-bond acceptors (Lipinski definition) is 4. The maximum Gasteiger partial charge on any atom is 0.522 e. The summed E-state index contributed by atoms with van der Waals surface area (Å²) in [7, 11) is -5.84. The topological polar surface area (TPSA) is 93.3 Å². The lowest BCUT2D eigenvalue weighted by molar-refractivity contribution is -0.0510. The fourth-order valence-electron chi connectivity index (χ4n) is 0.544. The predicted octanol–water partition coefficient (Wildman–Crippen LogP) is 1.97. The summed E-state index contributed by atoms with van der Waals surface area (Å²) in [5.74, 6) is 0.612. The average molecular weight is 384 g/mol. The van der Waals surface area contributed by atoms with Crippen molar-refractivity contribution in [1.29, 1.82) is 0 Å². The first-order valence-electron chi connectivity index (χ1n) is 3.86. The summed E-state index contributed by atoms with van der Waals surface area (Å²) >= 11 is 2.16. The van der Waals surface area contributed by atoms with E-state index in [0.29, 0.717) is 5.82 Å². The molecule has 0 aliphatic heterocycles. The van der Waals surface area contributed by atoms with Crippen molar-refractivity contribution in [3.8, 4) is 0 Å². The minimum atomic E-state index is -5.84. The molecule has 0 bridgehead atoms. The highest BCUT2D eigenvalue weighted by Gasteiger charge is 2.44. The van der Waals surface area contributed by atoms with E-state index in [9.17, 15) is 13.2 Å². The summed E-state index contributed by atoms with van der Waals surface area (Å²) in [6.45, 7) is 1.99. The predicted molar refractivity (Wildman–Crippen MR) is 63.7 cm³/mol. The van der Waals surface area contributed by atoms with Gasteiger partial charge in [-0.2, -0.15) is 21.6 Å². The van der Waals surface area contributed by atoms with Gasteiger partial charge in [-0.1, -0.05) is 0 Å². The van der Waals surface area contributed by atoms with Crippen LogP contribution in [0.4, 0.5) is 19.0 Å². The van der Waals surface area contributed by atoms with Crippen LogP contribution in [0.5, 0.6) is 0 Å². The van der Waals surface area contributed by atoms with Gasteiger partial charge in [0, 0.05) is 6.20 Å². The van der Waals surface area contributed by atoms with Crippen molar-refractivity contribution in [1.82, 2.24) is 4.98 Å². The Morgan fingerprint density at radius 2 is 1.88 bits per heavy atom. The van der Waals surface area contributed by atoms with Crippen LogP contribution in [-0.2, 0) is 10.1 Å². The molecule has 1 heterocycles. The molecule has 0 atom stereocenters. The highest BCUT2D eigenvalue weighted by molar-refractivity contribution is 14.1. The molecule has 0 amide bonds. The van der Waals surface area contributed by atoms with Gasteiger partial charge in [-0.25, -0.2) is 4.98 Å². The molecule has 0 saturated heterocycles. The highest BCUT2D eigenvalue weighted by Crippen LogP contribution is 2.20. The van der Waals surface area contributed by atoms with E-state index in [1.54, 1.807) is 6.20 Å². The summed E-state index contributed by atoms with van der Waals surface area (Å²) in [5, 5.41) is 0. The van der Waals surface area contributed by atoms with Crippen molar-refractivity contribution in [3.63, 3.8) is 0 Å². The number of halogens is 4. The van der Waals surface area contributed by atoms with Crippen LogP contribution in [0.3, 0.4) is 0 Å². The Bertz CT molecular complexity index is 490. The lowest BCUT2D eigenvalue weighted by atomic mass is 10.3. The monoisotopic (exact) mass is 384 g/mol. The van der Waals surface area contributed by atoms with E-state index >= 15 is 0 Å². The molecular weight excluding hydrogens is 376 g/mol. The summed E-state index contributed by atoms with van der Waals surface area (Å²) < 4.78 is 58.6. The zero-order chi connectivity index (χ0) is 13.9. The molecule has 0 aromatic carbocycles. The molecule has 5 nitrogen and oxygen atoms in total. The van der Waals surface area contributed by atoms with Crippen molar-refractivity contribution >= 4 is 38.5 Å². The van der Waals surface area contributed by atoms with E-state index in [-0.39, 0.29) is 0 Å². The van der Waals surface area contributed by atoms with Crippen molar-refractivity contribution in [2.45, 2.75) is 12.4 Å². The average Bonchev–Trinajstić information content (AvgIpc) is 2.09. The molecule has 0 spiro atoms. The number of nitrogens with zero attached hydrogens (tertiary/aromatic N) is 1. The van der Waals surface area contributed by atoms with Gasteiger partial charge in [0.1, 0.15) is 5.82 Å². The fraction of sp³-hybridized carbons (Fsp3) is 0.286. The standard InChI is InChI=1S/C6H7IN2.CHF3O3S/c1-4-2-5(7)6(8)9-3-4;2-1(3,4)8(5,6)7/h2-3H,1H3,(H2,8,9);(H,5,6,7). The fourth-order valence-corrected chi connectivity index (χ4v) is 1.17. The van der Waals surface area contributed by atoms with Crippen molar-refractivity contribution < 1.29 is 26.1 Å². The van der Waals surface area contributed by atoms with E-state index in [2.05, 4.69) is 27.6 Å². The number of nitrogens with two attached hydrogens (primary N) is 1. The third-order valence-corrected chi connectivity index (χ3v) is 2.75. The van der Waals surface area contributed by atoms with E-state index in [1.807, 2.05) is 13.0 Å². The van der Waals surface area contributed by atoms with Crippen molar-refractivity contribution in [2.75, 3.05) is 5.73 Å². The molecule has 17 heavy (non-hydrogen) atoms. The van der Waals surface area contributed by atoms with Gasteiger partial charge < -0.3 is 5.73 Å². The third kappa shape index (κ3) is 6.02. The molecule has 1 rings (SSSR count). The molecule has 0 aliphatic carbocycles. The number of hydrogen-bond donors (Lipinski definition) is 2. The van der Waals surface area contributed by atoms with E-state index < -0.39 is 15.6 Å². The van der Waals surface area contributed by atoms with Crippen LogP contribution in [-0.4, -0.2) is 23.5 Å². The minimum Gasteiger partial charge on any atom is -0.383 e. The first kappa shape index (κ1) is 16.4. The van der Waals surface area contributed by atoms with Gasteiger partial charge >= 0.3 is 15.6 Å². The summed E-state index contributed by atoms with van der Waals surface area (Å²) in [4.78, 5) is 3.95. The lowest BCUT2D eigenvalue weighted by Crippen LogP contribution is -2.21. The zero-order valence-electron chi connectivity index (χ0n) is 8.36. The molecule has 10 heteroatoms. The first-order valence-corrected chi connectivity index (χ1v) is 6.38. The minimum absolute atomic E-state index is 0.612. The summed E-state index contributed by atoms with van der Waals surface area (Å²) in [5.41, 5.74) is 1.08. The Balaban J connectivity index is 0.000000304. The highest BCUT2D eigenvalue weighted by atomic mass is 127. The molecular formula is C7H8F3IN2O3S. The van der Waals surface area contributed by atoms with Crippen molar-refractivity contribution in [3.05, 3.63) is 21.4 Å². The van der Waals surface area contributed by atoms with Crippen LogP contribution < -0.4 is 5.73 Å². The Kier molecular flexibility index (Phi) is 5.61. The molecule has 0 unspecified atom stereocenters. The number of pyridine rings is 1. The largest absolute Gasteiger partial charge is 0.522 e. The van der Waals surface area contributed by atoms with Crippen LogP contribution in [0.2, 0.25) is 0 Å². The maximum atomic E-state index is 10.7. The molecule has 0 fully saturated rings. The Morgan fingerprint density at radius 1 is 1.47 bits per heavy atom. The Morgan fingerprint density at radius 3 is 2.12 bits per heavy atom. The number of nitrogen functional groups attached to an aromatic ring is 1. The van der Waals surface area contributed by atoms with Gasteiger partial charge in [-0.15, -0.1) is 0 Å². The molecule has 0 saturated carbocycles. The third-order valence-electron chi connectivity index (χ3n) is 1.30. The second-order valence-electron chi connectivity index (χ2n) is 2.80. The number of rotatable bonds is 0. The van der Waals surface area contributed by atoms with Crippen LogP contribution in [0, 0.1) is 10.5 Å². The Labute approximate surface area is 109 Å². The maximum absolute atomic E-state index is 10.7. The lowest BCUT2D eigenvalue weighted by Gasteiger charge is -1.97. The zero-order valence-corrected chi connectivity index (χ0v) is 11.3. The molecule has 1 aromatic rings. The molecule has 98 valence electrons. The normalized spacial score (nSPS) is 11.6. The number of alkyl halides is 3. The second kappa shape index (κ2) is 5.82. The molecule has 1 aromatic heterocycles.